The van der Waals surface area contributed by atoms with Gasteiger partial charge in [0.2, 0.25) is 0 Å². The van der Waals surface area contributed by atoms with E-state index in [2.05, 4.69) is 58.8 Å². The fourth-order valence-corrected chi connectivity index (χ4v) is 3.05. The molecule has 108 valence electrons. The van der Waals surface area contributed by atoms with Crippen molar-refractivity contribution in [2.24, 2.45) is 10.7 Å². The van der Waals surface area contributed by atoms with E-state index < -0.39 is 5.54 Å². The largest absolute Gasteiger partial charge is 0.369 e. The van der Waals surface area contributed by atoms with Gasteiger partial charge < -0.3 is 10.6 Å². The van der Waals surface area contributed by atoms with Crippen molar-refractivity contribution in [2.75, 3.05) is 11.4 Å². The average Bonchev–Trinajstić information content (AvgIpc) is 2.76. The van der Waals surface area contributed by atoms with E-state index >= 15 is 0 Å². The lowest BCUT2D eigenvalue weighted by molar-refractivity contribution is 0.531. The van der Waals surface area contributed by atoms with Crippen molar-refractivity contribution in [3.63, 3.8) is 0 Å². The molecule has 0 saturated heterocycles. The Hall–Kier alpha value is -1.63. The number of nitrogens with two attached hydrogens (primary N) is 1. The lowest BCUT2D eigenvalue weighted by Crippen LogP contribution is -2.47. The molecule has 2 aromatic carbocycles. The average molecular weight is 395 g/mol. The zero-order chi connectivity index (χ0) is 15.0. The van der Waals surface area contributed by atoms with Crippen molar-refractivity contribution in [2.45, 2.75) is 12.5 Å². The van der Waals surface area contributed by atoms with Crippen LogP contribution in [0, 0.1) is 9.39 Å². The smallest absolute Gasteiger partial charge is 0.196 e. The molecule has 21 heavy (non-hydrogen) atoms. The molecule has 0 saturated carbocycles. The molecule has 0 bridgehead atoms. The zero-order valence-corrected chi connectivity index (χ0v) is 13.7. The Balaban J connectivity index is 2.07. The van der Waals surface area contributed by atoms with Gasteiger partial charge in [-0.1, -0.05) is 18.2 Å². The molecule has 1 aliphatic heterocycles. The molecule has 2 N–H and O–H groups in total. The molecule has 0 radical (unpaired) electrons. The van der Waals surface area contributed by atoms with Crippen LogP contribution >= 0.6 is 22.6 Å². The number of anilines is 1. The molecule has 3 nitrogen and oxygen atoms in total. The van der Waals surface area contributed by atoms with Crippen LogP contribution in [0.25, 0.3) is 0 Å². The van der Waals surface area contributed by atoms with E-state index in [1.54, 1.807) is 6.07 Å². The van der Waals surface area contributed by atoms with Crippen LogP contribution in [0.4, 0.5) is 10.1 Å². The highest BCUT2D eigenvalue weighted by atomic mass is 127. The van der Waals surface area contributed by atoms with Gasteiger partial charge >= 0.3 is 0 Å². The molecule has 0 amide bonds. The van der Waals surface area contributed by atoms with Crippen molar-refractivity contribution in [1.82, 2.24) is 0 Å². The van der Waals surface area contributed by atoms with Gasteiger partial charge in [-0.25, -0.2) is 4.39 Å². The Morgan fingerprint density at radius 1 is 1.24 bits per heavy atom. The highest BCUT2D eigenvalue weighted by Crippen LogP contribution is 2.37. The Labute approximate surface area is 136 Å². The van der Waals surface area contributed by atoms with Crippen molar-refractivity contribution >= 4 is 34.2 Å². The first-order chi connectivity index (χ1) is 10.0. The van der Waals surface area contributed by atoms with Gasteiger partial charge in [0.15, 0.2) is 5.96 Å². The number of hydrogen-bond acceptors (Lipinski definition) is 3. The number of rotatable bonds is 2. The van der Waals surface area contributed by atoms with Crippen LogP contribution in [0.5, 0.6) is 0 Å². The van der Waals surface area contributed by atoms with Gasteiger partial charge in [0, 0.05) is 9.26 Å². The minimum Gasteiger partial charge on any atom is -0.369 e. The van der Waals surface area contributed by atoms with Gasteiger partial charge in [-0.15, -0.1) is 0 Å². The second kappa shape index (κ2) is 5.29. The van der Waals surface area contributed by atoms with Gasteiger partial charge in [0.25, 0.3) is 0 Å². The predicted octanol–water partition coefficient (Wildman–Crippen LogP) is 3.48. The number of nitrogens with zero attached hydrogens (tertiary/aromatic N) is 2. The van der Waals surface area contributed by atoms with Crippen molar-refractivity contribution < 1.29 is 4.39 Å². The second-order valence-corrected chi connectivity index (χ2v) is 6.52. The fourth-order valence-electron chi connectivity index (χ4n) is 2.69. The van der Waals surface area contributed by atoms with Crippen LogP contribution in [0.3, 0.4) is 0 Å². The summed E-state index contributed by atoms with van der Waals surface area (Å²) in [5.74, 6) is 0.138. The summed E-state index contributed by atoms with van der Waals surface area (Å²) < 4.78 is 14.7. The fraction of sp³-hybridized carbons (Fsp3) is 0.188. The lowest BCUT2D eigenvalue weighted by atomic mass is 9.90. The van der Waals surface area contributed by atoms with Crippen LogP contribution in [0.1, 0.15) is 12.5 Å². The Morgan fingerprint density at radius 2 is 1.95 bits per heavy atom. The summed E-state index contributed by atoms with van der Waals surface area (Å²) in [4.78, 5) is 6.27. The first kappa shape index (κ1) is 14.3. The second-order valence-electron chi connectivity index (χ2n) is 5.27. The highest BCUT2D eigenvalue weighted by Gasteiger charge is 2.40. The summed E-state index contributed by atoms with van der Waals surface area (Å²) in [6.07, 6.45) is 0. The standard InChI is InChI=1S/C16H15FIN3/c1-16(11-5-7-13(18)8-6-11)10-20-15(19)21(16)14-4-2-3-12(17)9-14/h2-9H,10H2,1H3,(H2,19,20). The van der Waals surface area contributed by atoms with E-state index in [1.807, 2.05) is 11.0 Å². The molecular formula is C16H15FIN3. The highest BCUT2D eigenvalue weighted by molar-refractivity contribution is 14.1. The minimum absolute atomic E-state index is 0.280. The third-order valence-electron chi connectivity index (χ3n) is 3.80. The Bertz CT molecular complexity index is 699. The van der Waals surface area contributed by atoms with Gasteiger partial charge in [0.1, 0.15) is 5.82 Å². The number of benzene rings is 2. The third kappa shape index (κ3) is 2.50. The molecule has 5 heteroatoms. The maximum Gasteiger partial charge on any atom is 0.196 e. The van der Waals surface area contributed by atoms with Crippen molar-refractivity contribution in [3.05, 3.63) is 63.5 Å². The summed E-state index contributed by atoms with van der Waals surface area (Å²) in [6.45, 7) is 2.62. The van der Waals surface area contributed by atoms with E-state index in [1.165, 1.54) is 15.7 Å². The summed E-state index contributed by atoms with van der Waals surface area (Å²) in [7, 11) is 0. The normalized spacial score (nSPS) is 21.5. The summed E-state index contributed by atoms with van der Waals surface area (Å²) in [6, 6.07) is 14.7. The molecule has 3 rings (SSSR count). The molecule has 0 fully saturated rings. The zero-order valence-electron chi connectivity index (χ0n) is 11.6. The van der Waals surface area contributed by atoms with Crippen molar-refractivity contribution in [1.29, 1.82) is 0 Å². The van der Waals surface area contributed by atoms with Crippen LogP contribution in [-0.2, 0) is 5.54 Å². The van der Waals surface area contributed by atoms with E-state index in [4.69, 9.17) is 5.73 Å². The molecule has 1 aliphatic rings. The Kier molecular flexibility index (Phi) is 3.61. The van der Waals surface area contributed by atoms with Crippen LogP contribution in [-0.4, -0.2) is 12.5 Å². The third-order valence-corrected chi connectivity index (χ3v) is 4.52. The molecular weight excluding hydrogens is 380 g/mol. The van der Waals surface area contributed by atoms with E-state index in [0.717, 1.165) is 11.3 Å². The summed E-state index contributed by atoms with van der Waals surface area (Å²) >= 11 is 2.27. The number of aliphatic imine (C=N–C) groups is 1. The van der Waals surface area contributed by atoms with Gasteiger partial charge in [0.05, 0.1) is 12.1 Å². The summed E-state index contributed by atoms with van der Waals surface area (Å²) in [5, 5.41) is 0. The maximum atomic E-state index is 13.5. The molecule has 1 unspecified atom stereocenters. The van der Waals surface area contributed by atoms with Crippen LogP contribution in [0.15, 0.2) is 53.5 Å². The van der Waals surface area contributed by atoms with E-state index in [9.17, 15) is 4.39 Å². The first-order valence-corrected chi connectivity index (χ1v) is 7.70. The number of hydrogen-bond donors (Lipinski definition) is 1. The SMILES string of the molecule is CC1(c2ccc(I)cc2)CN=C(N)N1c1cccc(F)c1. The van der Waals surface area contributed by atoms with Gasteiger partial charge in [-0.05, 0) is 65.4 Å². The molecule has 0 aliphatic carbocycles. The van der Waals surface area contributed by atoms with Crippen LogP contribution in [0.2, 0.25) is 0 Å². The lowest BCUT2D eigenvalue weighted by Gasteiger charge is -2.36. The quantitative estimate of drug-likeness (QED) is 0.792. The monoisotopic (exact) mass is 395 g/mol. The molecule has 1 heterocycles. The predicted molar refractivity (Wildman–Crippen MR) is 91.9 cm³/mol. The van der Waals surface area contributed by atoms with E-state index in [0.29, 0.717) is 12.5 Å². The van der Waals surface area contributed by atoms with Gasteiger partial charge in [-0.2, -0.15) is 0 Å². The topological polar surface area (TPSA) is 41.6 Å². The molecule has 0 spiro atoms. The molecule has 1 atom stereocenters. The number of guanidine groups is 1. The molecule has 0 aromatic heterocycles. The summed E-state index contributed by atoms with van der Waals surface area (Å²) in [5.41, 5.74) is 7.48. The number of halogens is 2. The molecule has 2 aromatic rings. The van der Waals surface area contributed by atoms with Crippen LogP contribution < -0.4 is 10.6 Å². The van der Waals surface area contributed by atoms with Gasteiger partial charge in [-0.3, -0.25) is 4.99 Å². The van der Waals surface area contributed by atoms with Crippen molar-refractivity contribution in [3.8, 4) is 0 Å². The van der Waals surface area contributed by atoms with E-state index in [-0.39, 0.29) is 5.82 Å². The minimum atomic E-state index is -0.401. The Morgan fingerprint density at radius 3 is 2.62 bits per heavy atom. The first-order valence-electron chi connectivity index (χ1n) is 6.62. The maximum absolute atomic E-state index is 13.5.